The second kappa shape index (κ2) is 8.15. The summed E-state index contributed by atoms with van der Waals surface area (Å²) in [4.78, 5) is 23.1. The predicted octanol–water partition coefficient (Wildman–Crippen LogP) is 3.83. The van der Waals surface area contributed by atoms with Gasteiger partial charge in [0.1, 0.15) is 0 Å². The van der Waals surface area contributed by atoms with Crippen molar-refractivity contribution in [2.75, 3.05) is 5.32 Å². The van der Waals surface area contributed by atoms with Crippen LogP contribution in [0.4, 0.5) is 5.69 Å². The molecule has 0 saturated carbocycles. The van der Waals surface area contributed by atoms with Crippen LogP contribution in [0.2, 0.25) is 0 Å². The van der Waals surface area contributed by atoms with Crippen LogP contribution < -0.4 is 10.4 Å². The van der Waals surface area contributed by atoms with E-state index in [1.807, 2.05) is 42.5 Å². The molecule has 1 N–H and O–H groups in total. The number of rotatable bonds is 6. The zero-order valence-corrected chi connectivity index (χ0v) is 14.8. The van der Waals surface area contributed by atoms with E-state index in [4.69, 9.17) is 0 Å². The molecule has 27 heavy (non-hydrogen) atoms. The Bertz CT molecular complexity index is 990. The summed E-state index contributed by atoms with van der Waals surface area (Å²) >= 11 is 0. The first kappa shape index (κ1) is 18.1. The smallest absolute Gasteiger partial charge is 0.187 e. The van der Waals surface area contributed by atoms with Crippen LogP contribution in [0, 0.1) is 6.92 Å². The Morgan fingerprint density at radius 2 is 1.48 bits per heavy atom. The van der Waals surface area contributed by atoms with Crippen molar-refractivity contribution in [3.63, 3.8) is 0 Å². The van der Waals surface area contributed by atoms with E-state index in [1.165, 1.54) is 18.2 Å². The Morgan fingerprint density at radius 3 is 2.11 bits per heavy atom. The van der Waals surface area contributed by atoms with Crippen molar-refractivity contribution in [1.82, 2.24) is 0 Å². The lowest BCUT2D eigenvalue weighted by molar-refractivity contribution is -0.255. The van der Waals surface area contributed by atoms with Gasteiger partial charge in [-0.1, -0.05) is 60.7 Å². The number of carbonyl (C=O) groups is 2. The molecule has 0 amide bonds. The molecule has 0 aliphatic rings. The van der Waals surface area contributed by atoms with E-state index in [0.29, 0.717) is 5.56 Å². The molecule has 0 saturated heterocycles. The van der Waals surface area contributed by atoms with Gasteiger partial charge in [-0.2, -0.15) is 0 Å². The van der Waals surface area contributed by atoms with Gasteiger partial charge < -0.3 is 15.2 Å². The molecule has 0 aromatic heterocycles. The average molecular weight is 356 g/mol. The number of hydrogen-bond donors (Lipinski definition) is 1. The van der Waals surface area contributed by atoms with Crippen molar-refractivity contribution >= 4 is 17.4 Å². The van der Waals surface area contributed by atoms with Gasteiger partial charge in [0.2, 0.25) is 0 Å². The van der Waals surface area contributed by atoms with E-state index in [1.54, 1.807) is 31.3 Å². The number of anilines is 1. The molecular formula is C23H18NO3-. The standard InChI is InChI=1S/C23H19NO3/c1-16-15-20(23(26)27)11-12-21(16)24-14-13-22(25)19-9-7-18(8-10-19)17-5-3-2-4-6-17/h2-15,24H,1H3,(H,26,27)/p-1/b14-13+. The topological polar surface area (TPSA) is 69.2 Å². The number of nitrogens with one attached hydrogen (secondary N) is 1. The molecule has 0 unspecified atom stereocenters. The predicted molar refractivity (Wildman–Crippen MR) is 104 cm³/mol. The molecule has 0 spiro atoms. The summed E-state index contributed by atoms with van der Waals surface area (Å²) in [5.74, 6) is -1.33. The van der Waals surface area contributed by atoms with Crippen molar-refractivity contribution in [1.29, 1.82) is 0 Å². The van der Waals surface area contributed by atoms with Gasteiger partial charge in [-0.3, -0.25) is 4.79 Å². The fourth-order valence-corrected chi connectivity index (χ4v) is 2.71. The van der Waals surface area contributed by atoms with E-state index in [2.05, 4.69) is 5.32 Å². The molecule has 0 atom stereocenters. The lowest BCUT2D eigenvalue weighted by atomic mass is 10.0. The maximum Gasteiger partial charge on any atom is 0.187 e. The Balaban J connectivity index is 1.66. The summed E-state index contributed by atoms with van der Waals surface area (Å²) < 4.78 is 0. The van der Waals surface area contributed by atoms with E-state index in [0.717, 1.165) is 22.4 Å². The highest BCUT2D eigenvalue weighted by Gasteiger charge is 2.03. The first-order valence-corrected chi connectivity index (χ1v) is 8.49. The second-order valence-electron chi connectivity index (χ2n) is 6.10. The molecule has 0 aliphatic heterocycles. The highest BCUT2D eigenvalue weighted by Crippen LogP contribution is 2.20. The number of carboxylic acids is 1. The Labute approximate surface area is 157 Å². The molecular weight excluding hydrogens is 338 g/mol. The van der Waals surface area contributed by atoms with E-state index < -0.39 is 5.97 Å². The lowest BCUT2D eigenvalue weighted by Crippen LogP contribution is -2.22. The quantitative estimate of drug-likeness (QED) is 0.538. The van der Waals surface area contributed by atoms with Crippen molar-refractivity contribution < 1.29 is 14.7 Å². The summed E-state index contributed by atoms with van der Waals surface area (Å²) in [6.07, 6.45) is 3.00. The molecule has 0 bridgehead atoms. The molecule has 0 heterocycles. The van der Waals surface area contributed by atoms with Gasteiger partial charge in [-0.05, 0) is 41.3 Å². The first-order chi connectivity index (χ1) is 13.0. The van der Waals surface area contributed by atoms with Gasteiger partial charge >= 0.3 is 0 Å². The number of allylic oxidation sites excluding steroid dienone is 1. The van der Waals surface area contributed by atoms with Crippen LogP contribution >= 0.6 is 0 Å². The zero-order valence-electron chi connectivity index (χ0n) is 14.8. The number of carbonyl (C=O) groups excluding carboxylic acids is 2. The third kappa shape index (κ3) is 4.50. The van der Waals surface area contributed by atoms with Crippen LogP contribution in [0.25, 0.3) is 11.1 Å². The number of aromatic carboxylic acids is 1. The van der Waals surface area contributed by atoms with Gasteiger partial charge in [0.05, 0.1) is 5.97 Å². The largest absolute Gasteiger partial charge is 0.545 e. The van der Waals surface area contributed by atoms with Gasteiger partial charge in [0.25, 0.3) is 0 Å². The van der Waals surface area contributed by atoms with Gasteiger partial charge in [0, 0.05) is 23.5 Å². The van der Waals surface area contributed by atoms with Crippen LogP contribution in [0.15, 0.2) is 85.1 Å². The van der Waals surface area contributed by atoms with Crippen molar-refractivity contribution in [3.8, 4) is 11.1 Å². The number of carboxylic acid groups (broad SMARTS) is 1. The monoisotopic (exact) mass is 356 g/mol. The minimum absolute atomic E-state index is 0.119. The van der Waals surface area contributed by atoms with Crippen molar-refractivity contribution in [2.45, 2.75) is 6.92 Å². The summed E-state index contributed by atoms with van der Waals surface area (Å²) in [6, 6.07) is 22.0. The number of ketones is 1. The van der Waals surface area contributed by atoms with Gasteiger partial charge in [-0.25, -0.2) is 0 Å². The molecule has 3 aromatic rings. The fourth-order valence-electron chi connectivity index (χ4n) is 2.71. The summed E-state index contributed by atoms with van der Waals surface area (Å²) in [6.45, 7) is 1.78. The maximum atomic E-state index is 12.3. The molecule has 0 fully saturated rings. The van der Waals surface area contributed by atoms with Crippen LogP contribution in [0.3, 0.4) is 0 Å². The van der Waals surface area contributed by atoms with Crippen LogP contribution in [0.5, 0.6) is 0 Å². The average Bonchev–Trinajstić information content (AvgIpc) is 2.69. The summed E-state index contributed by atoms with van der Waals surface area (Å²) in [5, 5.41) is 13.9. The molecule has 4 heteroatoms. The van der Waals surface area contributed by atoms with Crippen molar-refractivity contribution in [2.24, 2.45) is 0 Å². The van der Waals surface area contributed by atoms with Gasteiger partial charge in [-0.15, -0.1) is 0 Å². The SMILES string of the molecule is Cc1cc(C(=O)[O-])ccc1N/C=C/C(=O)c1ccc(-c2ccccc2)cc1. The van der Waals surface area contributed by atoms with Crippen LogP contribution in [0.1, 0.15) is 26.3 Å². The number of benzene rings is 3. The maximum absolute atomic E-state index is 12.3. The molecule has 3 rings (SSSR count). The highest BCUT2D eigenvalue weighted by atomic mass is 16.4. The van der Waals surface area contributed by atoms with Crippen molar-refractivity contribution in [3.05, 3.63) is 102 Å². The minimum atomic E-state index is -1.21. The number of hydrogen-bond acceptors (Lipinski definition) is 4. The third-order valence-electron chi connectivity index (χ3n) is 4.21. The zero-order chi connectivity index (χ0) is 19.2. The highest BCUT2D eigenvalue weighted by molar-refractivity contribution is 6.04. The Hall–Kier alpha value is -3.66. The Kier molecular flexibility index (Phi) is 5.47. The van der Waals surface area contributed by atoms with E-state index in [-0.39, 0.29) is 11.3 Å². The molecule has 0 radical (unpaired) electrons. The normalized spacial score (nSPS) is 10.7. The van der Waals surface area contributed by atoms with E-state index in [9.17, 15) is 14.7 Å². The van der Waals surface area contributed by atoms with Crippen LogP contribution in [-0.2, 0) is 0 Å². The third-order valence-corrected chi connectivity index (χ3v) is 4.21. The minimum Gasteiger partial charge on any atom is -0.545 e. The second-order valence-corrected chi connectivity index (χ2v) is 6.10. The van der Waals surface area contributed by atoms with Gasteiger partial charge in [0.15, 0.2) is 5.78 Å². The fraction of sp³-hybridized carbons (Fsp3) is 0.0435. The lowest BCUT2D eigenvalue weighted by Gasteiger charge is -2.08. The molecule has 3 aromatic carbocycles. The summed E-state index contributed by atoms with van der Waals surface area (Å²) in [5.41, 5.74) is 4.35. The summed E-state index contributed by atoms with van der Waals surface area (Å²) in [7, 11) is 0. The number of aryl methyl sites for hydroxylation is 1. The Morgan fingerprint density at radius 1 is 0.852 bits per heavy atom. The molecule has 4 nitrogen and oxygen atoms in total. The molecule has 0 aliphatic carbocycles. The first-order valence-electron chi connectivity index (χ1n) is 8.49. The molecule has 134 valence electrons. The van der Waals surface area contributed by atoms with E-state index >= 15 is 0 Å². The van der Waals surface area contributed by atoms with Crippen LogP contribution in [-0.4, -0.2) is 11.8 Å².